The molecule has 2 N–H and O–H groups in total. The van der Waals surface area contributed by atoms with Crippen molar-refractivity contribution in [2.75, 3.05) is 5.73 Å². The summed E-state index contributed by atoms with van der Waals surface area (Å²) in [5.41, 5.74) is 8.42. The molecule has 0 bridgehead atoms. The zero-order valence-corrected chi connectivity index (χ0v) is 8.88. The Morgan fingerprint density at radius 1 is 0.875 bits per heavy atom. The predicted molar refractivity (Wildman–Crippen MR) is 65.5 cm³/mol. The second-order valence-corrected chi connectivity index (χ2v) is 3.43. The lowest BCUT2D eigenvalue weighted by Gasteiger charge is -1.99. The van der Waals surface area contributed by atoms with Crippen molar-refractivity contribution >= 4 is 11.4 Å². The molecule has 3 heteroatoms. The molecule has 0 fully saturated rings. The van der Waals surface area contributed by atoms with E-state index >= 15 is 0 Å². The van der Waals surface area contributed by atoms with Crippen LogP contribution in [0.3, 0.4) is 0 Å². The molecular weight excluding hydrogens is 198 g/mol. The largest absolute Gasteiger partial charge is 0.398 e. The maximum Gasteiger partial charge on any atom is 0.0873 e. The number of hydrogen-bond donors (Lipinski definition) is 1. The third-order valence-corrected chi connectivity index (χ3v) is 2.24. The van der Waals surface area contributed by atoms with Crippen LogP contribution >= 0.6 is 0 Å². The molecule has 3 nitrogen and oxygen atoms in total. The first-order valence-electron chi connectivity index (χ1n) is 5.12. The van der Waals surface area contributed by atoms with Gasteiger partial charge in [-0.25, -0.2) is 0 Å². The van der Waals surface area contributed by atoms with Crippen LogP contribution in [0.25, 0.3) is 0 Å². The number of rotatable bonds is 3. The maximum absolute atomic E-state index is 5.80. The topological polar surface area (TPSA) is 50.7 Å². The van der Waals surface area contributed by atoms with Gasteiger partial charge < -0.3 is 5.73 Å². The first kappa shape index (κ1) is 10.4. The van der Waals surface area contributed by atoms with E-state index in [-0.39, 0.29) is 0 Å². The third kappa shape index (κ3) is 2.67. The summed E-state index contributed by atoms with van der Waals surface area (Å²) in [5.74, 6) is 0. The van der Waals surface area contributed by atoms with Gasteiger partial charge in [0.1, 0.15) is 0 Å². The molecular formula is C13H13N3. The van der Waals surface area contributed by atoms with Crippen molar-refractivity contribution in [2.45, 2.75) is 6.54 Å². The van der Waals surface area contributed by atoms with Gasteiger partial charge in [0.2, 0.25) is 0 Å². The van der Waals surface area contributed by atoms with Crippen LogP contribution in [0.1, 0.15) is 5.56 Å². The van der Waals surface area contributed by atoms with Gasteiger partial charge in [-0.1, -0.05) is 36.4 Å². The Hall–Kier alpha value is -2.16. The highest BCUT2D eigenvalue weighted by molar-refractivity contribution is 5.46. The van der Waals surface area contributed by atoms with E-state index < -0.39 is 0 Å². The van der Waals surface area contributed by atoms with Crippen molar-refractivity contribution in [1.29, 1.82) is 0 Å². The van der Waals surface area contributed by atoms with Gasteiger partial charge in [0, 0.05) is 5.69 Å². The highest BCUT2D eigenvalue weighted by Gasteiger charge is 1.95. The predicted octanol–water partition coefficient (Wildman–Crippen LogP) is 3.55. The Bertz CT molecular complexity index is 478. The standard InChI is InChI=1S/C13H13N3/c14-13-9-5-4-6-11(13)10-15-16-12-7-2-1-3-8-12/h1-9H,10,14H2. The molecule has 0 radical (unpaired) electrons. The fourth-order valence-electron chi connectivity index (χ4n) is 1.37. The number of nitrogens with zero attached hydrogens (tertiary/aromatic N) is 2. The van der Waals surface area contributed by atoms with Gasteiger partial charge in [-0.2, -0.15) is 10.2 Å². The first-order valence-corrected chi connectivity index (χ1v) is 5.12. The van der Waals surface area contributed by atoms with Crippen LogP contribution in [0.4, 0.5) is 11.4 Å². The Balaban J connectivity index is 2.03. The van der Waals surface area contributed by atoms with E-state index in [0.717, 1.165) is 16.9 Å². The molecule has 0 atom stereocenters. The average molecular weight is 211 g/mol. The maximum atomic E-state index is 5.80. The number of nitrogens with two attached hydrogens (primary N) is 1. The molecule has 80 valence electrons. The van der Waals surface area contributed by atoms with Gasteiger partial charge in [-0.15, -0.1) is 0 Å². The van der Waals surface area contributed by atoms with Crippen molar-refractivity contribution in [3.05, 3.63) is 60.2 Å². The molecule has 0 aromatic heterocycles. The molecule has 2 aromatic rings. The minimum atomic E-state index is 0.515. The van der Waals surface area contributed by atoms with Crippen LogP contribution in [0, 0.1) is 0 Å². The van der Waals surface area contributed by atoms with Crippen molar-refractivity contribution in [2.24, 2.45) is 10.2 Å². The van der Waals surface area contributed by atoms with Crippen molar-refractivity contribution in [3.63, 3.8) is 0 Å². The average Bonchev–Trinajstić information content (AvgIpc) is 2.33. The number of anilines is 1. The highest BCUT2D eigenvalue weighted by atomic mass is 15.1. The molecule has 0 spiro atoms. The SMILES string of the molecule is Nc1ccccc1CN=Nc1ccccc1. The summed E-state index contributed by atoms with van der Waals surface area (Å²) < 4.78 is 0. The quantitative estimate of drug-likeness (QED) is 0.612. The molecule has 0 heterocycles. The van der Waals surface area contributed by atoms with E-state index in [9.17, 15) is 0 Å². The third-order valence-electron chi connectivity index (χ3n) is 2.24. The van der Waals surface area contributed by atoms with E-state index in [4.69, 9.17) is 5.73 Å². The summed E-state index contributed by atoms with van der Waals surface area (Å²) in [6.45, 7) is 0.515. The molecule has 0 amide bonds. The molecule has 0 saturated heterocycles. The summed E-state index contributed by atoms with van der Waals surface area (Å²) in [6, 6.07) is 17.3. The number of hydrogen-bond acceptors (Lipinski definition) is 3. The van der Waals surface area contributed by atoms with Gasteiger partial charge >= 0.3 is 0 Å². The zero-order chi connectivity index (χ0) is 11.2. The van der Waals surface area contributed by atoms with Gasteiger partial charge in [0.15, 0.2) is 0 Å². The van der Waals surface area contributed by atoms with Crippen LogP contribution in [-0.2, 0) is 6.54 Å². The van der Waals surface area contributed by atoms with Crippen molar-refractivity contribution in [1.82, 2.24) is 0 Å². The Kier molecular flexibility index (Phi) is 3.28. The molecule has 0 aliphatic rings. The lowest BCUT2D eigenvalue weighted by molar-refractivity contribution is 0.962. The van der Waals surface area contributed by atoms with E-state index in [1.54, 1.807) is 0 Å². The van der Waals surface area contributed by atoms with Gasteiger partial charge in [0.25, 0.3) is 0 Å². The number of nitrogen functional groups attached to an aromatic ring is 1. The second-order valence-electron chi connectivity index (χ2n) is 3.43. The van der Waals surface area contributed by atoms with E-state index in [0.29, 0.717) is 6.54 Å². The van der Waals surface area contributed by atoms with Crippen molar-refractivity contribution in [3.8, 4) is 0 Å². The summed E-state index contributed by atoms with van der Waals surface area (Å²) in [7, 11) is 0. The molecule has 16 heavy (non-hydrogen) atoms. The Labute approximate surface area is 94.6 Å². The van der Waals surface area contributed by atoms with Crippen molar-refractivity contribution < 1.29 is 0 Å². The van der Waals surface area contributed by atoms with Gasteiger partial charge in [0.05, 0.1) is 12.2 Å². The molecule has 2 rings (SSSR count). The number of para-hydroxylation sites is 1. The smallest absolute Gasteiger partial charge is 0.0873 e. The molecule has 0 saturated carbocycles. The number of benzene rings is 2. The van der Waals surface area contributed by atoms with E-state index in [1.807, 2.05) is 54.6 Å². The van der Waals surface area contributed by atoms with Crippen LogP contribution in [0.15, 0.2) is 64.8 Å². The summed E-state index contributed by atoms with van der Waals surface area (Å²) >= 11 is 0. The van der Waals surface area contributed by atoms with Crippen LogP contribution in [0.5, 0.6) is 0 Å². The van der Waals surface area contributed by atoms with Gasteiger partial charge in [-0.3, -0.25) is 0 Å². The minimum Gasteiger partial charge on any atom is -0.398 e. The lowest BCUT2D eigenvalue weighted by Crippen LogP contribution is -1.91. The first-order chi connectivity index (χ1) is 7.86. The summed E-state index contributed by atoms with van der Waals surface area (Å²) in [4.78, 5) is 0. The van der Waals surface area contributed by atoms with Crippen LogP contribution in [0.2, 0.25) is 0 Å². The van der Waals surface area contributed by atoms with E-state index in [2.05, 4.69) is 10.2 Å². The fraction of sp³-hybridized carbons (Fsp3) is 0.0769. The van der Waals surface area contributed by atoms with Crippen LogP contribution < -0.4 is 5.73 Å². The molecule has 0 aliphatic heterocycles. The summed E-state index contributed by atoms with van der Waals surface area (Å²) in [6.07, 6.45) is 0. The molecule has 2 aromatic carbocycles. The van der Waals surface area contributed by atoms with Gasteiger partial charge in [-0.05, 0) is 23.8 Å². The monoisotopic (exact) mass is 211 g/mol. The highest BCUT2D eigenvalue weighted by Crippen LogP contribution is 2.14. The lowest BCUT2D eigenvalue weighted by atomic mass is 10.2. The summed E-state index contributed by atoms with van der Waals surface area (Å²) in [5, 5.41) is 8.23. The Morgan fingerprint density at radius 2 is 1.56 bits per heavy atom. The van der Waals surface area contributed by atoms with E-state index in [1.165, 1.54) is 0 Å². The normalized spacial score (nSPS) is 10.8. The minimum absolute atomic E-state index is 0.515. The molecule has 0 aliphatic carbocycles. The Morgan fingerprint density at radius 3 is 2.31 bits per heavy atom. The fourth-order valence-corrected chi connectivity index (χ4v) is 1.37. The molecule has 0 unspecified atom stereocenters. The second kappa shape index (κ2) is 5.07. The van der Waals surface area contributed by atoms with Crippen LogP contribution in [-0.4, -0.2) is 0 Å². The number of azo groups is 1. The zero-order valence-electron chi connectivity index (χ0n) is 8.88.